The zero-order valence-electron chi connectivity index (χ0n) is 71.7. The van der Waals surface area contributed by atoms with Crippen molar-refractivity contribution in [3.8, 4) is 11.5 Å². The third-order valence-electron chi connectivity index (χ3n) is 20.9. The van der Waals surface area contributed by atoms with Crippen LogP contribution in [0, 0.1) is 10.8 Å². The van der Waals surface area contributed by atoms with Crippen molar-refractivity contribution in [1.29, 1.82) is 10.8 Å². The van der Waals surface area contributed by atoms with E-state index in [0.29, 0.717) is 50.8 Å². The van der Waals surface area contributed by atoms with E-state index >= 15 is 14.4 Å². The molecule has 0 unspecified atom stereocenters. The summed E-state index contributed by atoms with van der Waals surface area (Å²) in [6.45, 7) is 1.28. The largest absolute Gasteiger partial charge is 0.508 e. The van der Waals surface area contributed by atoms with Crippen molar-refractivity contribution < 1.29 is 87.5 Å². The highest BCUT2D eigenvalue weighted by molar-refractivity contribution is 7.80. The van der Waals surface area contributed by atoms with E-state index in [1.165, 1.54) is 67.4 Å². The predicted molar refractivity (Wildman–Crippen MR) is 482 cm³/mol. The van der Waals surface area contributed by atoms with Gasteiger partial charge >= 0.3 is 11.9 Å². The number of imidazole rings is 2. The summed E-state index contributed by atoms with van der Waals surface area (Å²) in [4.78, 5) is 218. The Bertz CT molecular complexity index is 5170. The molecule has 0 bridgehead atoms. The van der Waals surface area contributed by atoms with E-state index in [1.807, 2.05) is 0 Å². The average molecular weight is 1830 g/mol. The van der Waals surface area contributed by atoms with E-state index in [-0.39, 0.29) is 120 Å². The Morgan fingerprint density at radius 3 is 1.19 bits per heavy atom. The van der Waals surface area contributed by atoms with E-state index in [4.69, 9.17) is 33.8 Å². The number of carbonyl (C=O) groups excluding carboxylic acids is 12. The first-order chi connectivity index (χ1) is 62.7. The Hall–Kier alpha value is -15.0. The van der Waals surface area contributed by atoms with Gasteiger partial charge in [0.1, 0.15) is 84.0 Å². The van der Waals surface area contributed by atoms with Crippen molar-refractivity contribution in [2.75, 3.05) is 25.4 Å². The van der Waals surface area contributed by atoms with Crippen LogP contribution in [0.15, 0.2) is 165 Å². The third-order valence-corrected chi connectivity index (χ3v) is 21.2. The van der Waals surface area contributed by atoms with Gasteiger partial charge in [-0.1, -0.05) is 103 Å². The van der Waals surface area contributed by atoms with Crippen LogP contribution in [-0.4, -0.2) is 244 Å². The van der Waals surface area contributed by atoms with Gasteiger partial charge in [-0.2, -0.15) is 12.6 Å². The second-order valence-electron chi connectivity index (χ2n) is 31.1. The van der Waals surface area contributed by atoms with E-state index < -0.39 is 185 Å². The van der Waals surface area contributed by atoms with Gasteiger partial charge in [0, 0.05) is 93.3 Å². The topological polar surface area (TPSA) is 713 Å². The third kappa shape index (κ3) is 34.0. The van der Waals surface area contributed by atoms with Crippen LogP contribution in [0.4, 0.5) is 0 Å². The van der Waals surface area contributed by atoms with Gasteiger partial charge in [0.25, 0.3) is 0 Å². The summed E-state index contributed by atoms with van der Waals surface area (Å²) in [6.07, 6.45) is 4.74. The maximum Gasteiger partial charge on any atom is 0.326 e. The second kappa shape index (κ2) is 51.8. The Kier molecular flexibility index (Phi) is 40.1. The lowest BCUT2D eigenvalue weighted by molar-refractivity contribution is -0.142. The summed E-state index contributed by atoms with van der Waals surface area (Å²) in [5, 5.41) is 93.1. The van der Waals surface area contributed by atoms with Gasteiger partial charge in [0.15, 0.2) is 11.9 Å². The van der Waals surface area contributed by atoms with Gasteiger partial charge in [0.2, 0.25) is 70.9 Å². The lowest BCUT2D eigenvalue weighted by Crippen LogP contribution is -2.61. The number of para-hydroxylation sites is 1. The molecule has 0 fully saturated rings. The highest BCUT2D eigenvalue weighted by Crippen LogP contribution is 2.22. The first kappa shape index (κ1) is 101. The van der Waals surface area contributed by atoms with Gasteiger partial charge in [-0.25, -0.2) is 14.8 Å². The molecule has 0 radical (unpaired) electrons. The predicted octanol–water partition coefficient (Wildman–Crippen LogP) is -2.67. The standard InChI is InChI=1S/C87H113N25O18S/c1-48(73(117)102-62(21-12-32-96-86(90)91)77(121)112-71(45-131)84(128)107-66(36-52-25-29-57(114)30-26-52)80(124)109-68(40-55-44-95-47-100-55)83(127)111-70(85(129)130)37-50-16-6-3-7-17-50)101-78(122)69(41-72(115)116)110-81(125)65(34-49-14-4-2-5-15-49)106-75(119)61(20-10-11-31-88)103-82(126)67(38-53-42-98-60-19-9-8-18-58(53)60)108-76(120)63(22-13-33-97-87(92)93)104-79(123)64(35-51-23-27-56(113)28-24-51)105-74(118)59(89)39-54-43-94-46-99-54/h2-9,14-19,23-30,42-44,46-48,59,61-71,98,113-114,131H,10-13,20-22,31-41,45,88-89H2,1H3,(H,94,99)(H,95,100)(H,101,122)(H,102,117)(H,103,126)(H,104,123)(H,105,118)(H,106,119)(H,107,128)(H,108,120)(H,109,124)(H,110,125)(H,111,127)(H,112,121)(H,115,116)(H,129,130)(H4,90,91,96)(H4,92,93,97)/t48-,59-,61-,62-,63+,64-,65-,66+,67-,68-,69+,70-,71-/m0/s1. The molecule has 8 rings (SSSR count). The molecule has 8 aromatic rings. The number of benzene rings is 5. The SMILES string of the molecule is C[C@H](NC(=O)[C@@H](CC(=O)O)NC(=O)[C@H](Cc1ccccc1)NC(=O)[C@H](CCCCN)NC(=O)[C@H](Cc1c[nH]c2ccccc12)NC(=O)[C@@H](CCCNC(=N)N)NC(=O)[C@H](Cc1ccc(O)cc1)NC(=O)[C@@H](N)Cc1c[nH]cn1)C(=O)N[C@@H](CCCNC(=N)N)C(=O)N[C@@H](CS)C(=O)N[C@H](Cc1ccc(O)cc1)C(=O)N[C@@H](Cc1c[nH]cn1)C(=O)N[C@@H](Cc1ccccc1)C(=O)O. The number of carboxylic acid groups (broad SMARTS) is 2. The summed E-state index contributed by atoms with van der Waals surface area (Å²) in [5.41, 5.74) is 27.2. The van der Waals surface area contributed by atoms with Crippen LogP contribution in [-0.2, 0) is 112 Å². The zero-order valence-corrected chi connectivity index (χ0v) is 72.6. The number of nitrogens with zero attached hydrogens (tertiary/aromatic N) is 2. The molecule has 31 N–H and O–H groups in total. The normalized spacial score (nSPS) is 14.0. The van der Waals surface area contributed by atoms with Gasteiger partial charge < -0.3 is 133 Å². The fourth-order valence-corrected chi connectivity index (χ4v) is 14.1. The van der Waals surface area contributed by atoms with Gasteiger partial charge in [-0.15, -0.1) is 0 Å². The quantitative estimate of drug-likeness (QED) is 0.00800. The Balaban J connectivity index is 0.997. The summed E-state index contributed by atoms with van der Waals surface area (Å²) in [6, 6.07) is 14.6. The highest BCUT2D eigenvalue weighted by Gasteiger charge is 2.39. The van der Waals surface area contributed by atoms with E-state index in [9.17, 15) is 73.2 Å². The molecule has 0 aliphatic heterocycles. The Morgan fingerprint density at radius 1 is 0.397 bits per heavy atom. The second-order valence-corrected chi connectivity index (χ2v) is 31.5. The monoisotopic (exact) mass is 1830 g/mol. The molecule has 700 valence electrons. The first-order valence-corrected chi connectivity index (χ1v) is 42.8. The number of amides is 12. The van der Waals surface area contributed by atoms with Crippen LogP contribution >= 0.6 is 12.6 Å². The van der Waals surface area contributed by atoms with Crippen LogP contribution < -0.4 is 97.4 Å². The fraction of sp³-hybridized carbons (Fsp3) is 0.379. The number of aliphatic carboxylic acids is 2. The summed E-state index contributed by atoms with van der Waals surface area (Å²) in [7, 11) is 0. The van der Waals surface area contributed by atoms with E-state index in [0.717, 1.165) is 6.92 Å². The van der Waals surface area contributed by atoms with Crippen LogP contribution in [0.2, 0.25) is 0 Å². The van der Waals surface area contributed by atoms with Crippen LogP contribution in [0.5, 0.6) is 11.5 Å². The first-order valence-electron chi connectivity index (χ1n) is 42.2. The molecular formula is C87H113N25O18S. The Morgan fingerprint density at radius 2 is 0.756 bits per heavy atom. The molecule has 0 saturated heterocycles. The number of thiol groups is 1. The minimum Gasteiger partial charge on any atom is -0.508 e. The van der Waals surface area contributed by atoms with Crippen molar-refractivity contribution >= 4 is 118 Å². The number of nitrogens with two attached hydrogens (primary N) is 4. The van der Waals surface area contributed by atoms with Crippen molar-refractivity contribution in [3.05, 3.63) is 204 Å². The number of aromatic hydroxyl groups is 2. The molecule has 0 aliphatic carbocycles. The lowest BCUT2D eigenvalue weighted by atomic mass is 10.0. The molecule has 0 saturated carbocycles. The van der Waals surface area contributed by atoms with Crippen molar-refractivity contribution in [2.45, 2.75) is 182 Å². The number of unbranched alkanes of at least 4 members (excludes halogenated alkanes) is 1. The van der Waals surface area contributed by atoms with Gasteiger partial charge in [-0.3, -0.25) is 73.1 Å². The van der Waals surface area contributed by atoms with E-state index in [1.54, 1.807) is 97.3 Å². The van der Waals surface area contributed by atoms with Gasteiger partial charge in [-0.05, 0) is 117 Å². The van der Waals surface area contributed by atoms with Crippen LogP contribution in [0.3, 0.4) is 0 Å². The van der Waals surface area contributed by atoms with E-state index in [2.05, 4.69) is 112 Å². The maximum atomic E-state index is 15.3. The summed E-state index contributed by atoms with van der Waals surface area (Å²) in [5.74, 6) is -16.5. The zero-order chi connectivity index (χ0) is 95.1. The number of carboxylic acids is 2. The number of hydrogen-bond acceptors (Lipinski definition) is 23. The average Bonchev–Trinajstić information content (AvgIpc) is 1.66. The van der Waals surface area contributed by atoms with Crippen molar-refractivity contribution in [2.24, 2.45) is 22.9 Å². The number of phenolic OH excluding ortho intramolecular Hbond substituents is 2. The van der Waals surface area contributed by atoms with Crippen LogP contribution in [0.25, 0.3) is 10.9 Å². The molecule has 131 heavy (non-hydrogen) atoms. The number of nitrogens with one attached hydrogen (secondary N) is 19. The fourth-order valence-electron chi connectivity index (χ4n) is 13.9. The molecule has 13 atom stereocenters. The van der Waals surface area contributed by atoms with Crippen molar-refractivity contribution in [3.63, 3.8) is 0 Å². The molecule has 3 aromatic heterocycles. The van der Waals surface area contributed by atoms with Crippen LogP contribution in [0.1, 0.15) is 97.5 Å². The molecule has 12 amide bonds. The number of guanidine groups is 2. The molecule has 44 heteroatoms. The number of H-pyrrole nitrogens is 3. The molecule has 0 spiro atoms. The smallest absolute Gasteiger partial charge is 0.326 e. The Labute approximate surface area is 757 Å². The number of fused-ring (bicyclic) bond motifs is 1. The minimum atomic E-state index is -2.02. The number of rotatable bonds is 54. The van der Waals surface area contributed by atoms with Crippen molar-refractivity contribution in [1.82, 2.24) is 99.4 Å². The number of carbonyl (C=O) groups is 14. The molecule has 3 heterocycles. The molecule has 43 nitrogen and oxygen atoms in total. The minimum absolute atomic E-state index is 0.00637. The number of hydrogen-bond donors (Lipinski definition) is 28. The molecular weight excluding hydrogens is 1720 g/mol. The number of phenols is 2. The van der Waals surface area contributed by atoms with Gasteiger partial charge in [0.05, 0.1) is 36.5 Å². The number of aromatic amines is 3. The maximum absolute atomic E-state index is 15.3. The number of aromatic nitrogens is 5. The molecule has 0 aliphatic rings. The molecule has 5 aromatic carbocycles. The summed E-state index contributed by atoms with van der Waals surface area (Å²) < 4.78 is 0. The lowest BCUT2D eigenvalue weighted by Gasteiger charge is -2.28. The summed E-state index contributed by atoms with van der Waals surface area (Å²) >= 11 is 4.34. The highest BCUT2D eigenvalue weighted by atomic mass is 32.1.